The van der Waals surface area contributed by atoms with E-state index in [1.54, 1.807) is 30.6 Å². The third kappa shape index (κ3) is 4.65. The molecule has 25 heavy (non-hydrogen) atoms. The molecule has 7 nitrogen and oxygen atoms in total. The molecule has 132 valence electrons. The average Bonchev–Trinajstić information content (AvgIpc) is 3.13. The van der Waals surface area contributed by atoms with Gasteiger partial charge in [0, 0.05) is 32.6 Å². The van der Waals surface area contributed by atoms with Gasteiger partial charge in [-0.2, -0.15) is 0 Å². The molecule has 0 aliphatic heterocycles. The summed E-state index contributed by atoms with van der Waals surface area (Å²) in [4.78, 5) is 26.8. The van der Waals surface area contributed by atoms with Crippen molar-refractivity contribution in [1.82, 2.24) is 20.3 Å². The first-order valence-corrected chi connectivity index (χ1v) is 8.52. The predicted molar refractivity (Wildman–Crippen MR) is 94.7 cm³/mol. The van der Waals surface area contributed by atoms with E-state index < -0.39 is 0 Å². The number of carbonyl (C=O) groups excluding carboxylic acids is 1. The van der Waals surface area contributed by atoms with Crippen LogP contribution in [0.3, 0.4) is 0 Å². The van der Waals surface area contributed by atoms with E-state index in [1.807, 2.05) is 19.0 Å². The number of ether oxygens (including phenoxy) is 1. The zero-order chi connectivity index (χ0) is 17.6. The summed E-state index contributed by atoms with van der Waals surface area (Å²) in [6, 6.07) is 5.27. The lowest BCUT2D eigenvalue weighted by atomic mass is 10.2. The molecule has 1 N–H and O–H groups in total. The van der Waals surface area contributed by atoms with Crippen LogP contribution < -0.4 is 15.0 Å². The summed E-state index contributed by atoms with van der Waals surface area (Å²) in [6.45, 7) is 0.336. The van der Waals surface area contributed by atoms with E-state index in [9.17, 15) is 4.79 Å². The molecule has 2 aromatic rings. The Bertz CT molecular complexity index is 712. The maximum absolute atomic E-state index is 12.2. The number of rotatable bonds is 6. The van der Waals surface area contributed by atoms with Crippen molar-refractivity contribution < 1.29 is 9.53 Å². The number of hydrogen-bond acceptors (Lipinski definition) is 6. The Balaban J connectivity index is 1.55. The summed E-state index contributed by atoms with van der Waals surface area (Å²) in [5, 5.41) is 2.85. The molecule has 0 unspecified atom stereocenters. The average molecular weight is 341 g/mol. The van der Waals surface area contributed by atoms with Crippen LogP contribution in [-0.2, 0) is 6.54 Å². The molecule has 0 radical (unpaired) electrons. The highest BCUT2D eigenvalue weighted by molar-refractivity contribution is 5.93. The van der Waals surface area contributed by atoms with Gasteiger partial charge < -0.3 is 15.0 Å². The van der Waals surface area contributed by atoms with Gasteiger partial charge >= 0.3 is 0 Å². The van der Waals surface area contributed by atoms with Crippen LogP contribution in [0.1, 0.15) is 41.7 Å². The van der Waals surface area contributed by atoms with E-state index in [2.05, 4.69) is 20.3 Å². The van der Waals surface area contributed by atoms with Gasteiger partial charge in [-0.3, -0.25) is 4.79 Å². The van der Waals surface area contributed by atoms with Crippen LogP contribution in [0.4, 0.5) is 5.95 Å². The van der Waals surface area contributed by atoms with Gasteiger partial charge in [0.05, 0.1) is 17.8 Å². The summed E-state index contributed by atoms with van der Waals surface area (Å²) < 4.78 is 5.81. The SMILES string of the molecule is CN(C)c1nccc(CNC(=O)c2ccc(OC3CCCC3)nc2)n1. The highest BCUT2D eigenvalue weighted by atomic mass is 16.5. The fraction of sp³-hybridized carbons (Fsp3) is 0.444. The second kappa shape index (κ2) is 7.92. The Labute approximate surface area is 147 Å². The molecule has 1 amide bonds. The molecule has 1 saturated carbocycles. The first kappa shape index (κ1) is 17.1. The lowest BCUT2D eigenvalue weighted by Crippen LogP contribution is -2.24. The van der Waals surface area contributed by atoms with E-state index in [0.717, 1.165) is 18.5 Å². The van der Waals surface area contributed by atoms with E-state index in [4.69, 9.17) is 4.74 Å². The van der Waals surface area contributed by atoms with Gasteiger partial charge in [0.15, 0.2) is 0 Å². The fourth-order valence-corrected chi connectivity index (χ4v) is 2.73. The van der Waals surface area contributed by atoms with Crippen molar-refractivity contribution in [1.29, 1.82) is 0 Å². The van der Waals surface area contributed by atoms with E-state index >= 15 is 0 Å². The Morgan fingerprint density at radius 3 is 2.72 bits per heavy atom. The molecule has 7 heteroatoms. The molecular weight excluding hydrogens is 318 g/mol. The van der Waals surface area contributed by atoms with E-state index in [1.165, 1.54) is 12.8 Å². The molecule has 0 atom stereocenters. The molecule has 1 fully saturated rings. The Kier molecular flexibility index (Phi) is 5.42. The van der Waals surface area contributed by atoms with Gasteiger partial charge in [0.25, 0.3) is 5.91 Å². The number of nitrogens with zero attached hydrogens (tertiary/aromatic N) is 4. The van der Waals surface area contributed by atoms with Crippen molar-refractivity contribution >= 4 is 11.9 Å². The monoisotopic (exact) mass is 341 g/mol. The second-order valence-corrected chi connectivity index (χ2v) is 6.33. The molecule has 0 saturated heterocycles. The predicted octanol–water partition coefficient (Wildman–Crippen LogP) is 2.19. The summed E-state index contributed by atoms with van der Waals surface area (Å²) >= 11 is 0. The molecule has 0 aromatic carbocycles. The van der Waals surface area contributed by atoms with Gasteiger partial charge in [-0.25, -0.2) is 15.0 Å². The number of amides is 1. The van der Waals surface area contributed by atoms with Crippen molar-refractivity contribution in [2.45, 2.75) is 38.3 Å². The minimum absolute atomic E-state index is 0.190. The maximum atomic E-state index is 12.2. The van der Waals surface area contributed by atoms with E-state index in [-0.39, 0.29) is 12.0 Å². The smallest absolute Gasteiger partial charge is 0.253 e. The zero-order valence-electron chi connectivity index (χ0n) is 14.6. The highest BCUT2D eigenvalue weighted by Gasteiger charge is 2.17. The third-order valence-corrected chi connectivity index (χ3v) is 4.12. The Hall–Kier alpha value is -2.70. The number of carbonyl (C=O) groups is 1. The van der Waals surface area contributed by atoms with Gasteiger partial charge in [-0.1, -0.05) is 0 Å². The molecule has 0 spiro atoms. The summed E-state index contributed by atoms with van der Waals surface area (Å²) in [5.74, 6) is 1.00. The Morgan fingerprint density at radius 2 is 2.04 bits per heavy atom. The number of anilines is 1. The lowest BCUT2D eigenvalue weighted by molar-refractivity contribution is 0.0950. The van der Waals surface area contributed by atoms with Crippen LogP contribution in [0.5, 0.6) is 5.88 Å². The Morgan fingerprint density at radius 1 is 1.24 bits per heavy atom. The fourth-order valence-electron chi connectivity index (χ4n) is 2.73. The van der Waals surface area contributed by atoms with Crippen LogP contribution in [-0.4, -0.2) is 41.1 Å². The van der Waals surface area contributed by atoms with Crippen LogP contribution in [0, 0.1) is 0 Å². The molecule has 0 bridgehead atoms. The minimum atomic E-state index is -0.190. The summed E-state index contributed by atoms with van der Waals surface area (Å²) in [5.41, 5.74) is 1.25. The van der Waals surface area contributed by atoms with Gasteiger partial charge in [0.2, 0.25) is 11.8 Å². The van der Waals surface area contributed by atoms with Crippen LogP contribution in [0.25, 0.3) is 0 Å². The van der Waals surface area contributed by atoms with Crippen LogP contribution in [0.15, 0.2) is 30.6 Å². The maximum Gasteiger partial charge on any atom is 0.253 e. The standard InChI is InChI=1S/C18H23N5O2/c1-23(2)18-19-10-9-14(22-18)12-21-17(24)13-7-8-16(20-11-13)25-15-5-3-4-6-15/h7-11,15H,3-6,12H2,1-2H3,(H,21,24). The van der Waals surface area contributed by atoms with Gasteiger partial charge in [0.1, 0.15) is 6.10 Å². The largest absolute Gasteiger partial charge is 0.474 e. The highest BCUT2D eigenvalue weighted by Crippen LogP contribution is 2.22. The summed E-state index contributed by atoms with van der Waals surface area (Å²) in [7, 11) is 3.75. The van der Waals surface area contributed by atoms with Crippen molar-refractivity contribution in [3.63, 3.8) is 0 Å². The molecule has 1 aliphatic rings. The molecular formula is C18H23N5O2. The van der Waals surface area contributed by atoms with Crippen LogP contribution in [0.2, 0.25) is 0 Å². The zero-order valence-corrected chi connectivity index (χ0v) is 14.6. The number of hydrogen-bond donors (Lipinski definition) is 1. The van der Waals surface area contributed by atoms with Crippen molar-refractivity contribution in [2.75, 3.05) is 19.0 Å². The summed E-state index contributed by atoms with van der Waals surface area (Å²) in [6.07, 6.45) is 8.07. The number of nitrogens with one attached hydrogen (secondary N) is 1. The first-order valence-electron chi connectivity index (χ1n) is 8.52. The molecule has 2 aromatic heterocycles. The van der Waals surface area contributed by atoms with Crippen molar-refractivity contribution in [2.24, 2.45) is 0 Å². The molecule has 3 rings (SSSR count). The first-order chi connectivity index (χ1) is 12.1. The normalized spacial score (nSPS) is 14.3. The van der Waals surface area contributed by atoms with Gasteiger partial charge in [-0.15, -0.1) is 0 Å². The van der Waals surface area contributed by atoms with E-state index in [0.29, 0.717) is 23.9 Å². The molecule has 2 heterocycles. The number of aromatic nitrogens is 3. The number of pyridine rings is 1. The van der Waals surface area contributed by atoms with Gasteiger partial charge in [-0.05, 0) is 37.8 Å². The quantitative estimate of drug-likeness (QED) is 0.867. The lowest BCUT2D eigenvalue weighted by Gasteiger charge is -2.12. The topological polar surface area (TPSA) is 80.2 Å². The third-order valence-electron chi connectivity index (χ3n) is 4.12. The molecule has 1 aliphatic carbocycles. The van der Waals surface area contributed by atoms with Crippen molar-refractivity contribution in [3.8, 4) is 5.88 Å². The van der Waals surface area contributed by atoms with Crippen LogP contribution >= 0.6 is 0 Å². The second-order valence-electron chi connectivity index (χ2n) is 6.33. The minimum Gasteiger partial charge on any atom is -0.474 e. The van der Waals surface area contributed by atoms with Crippen molar-refractivity contribution in [3.05, 3.63) is 41.9 Å².